The van der Waals surface area contributed by atoms with E-state index in [9.17, 15) is 9.59 Å². The average Bonchev–Trinajstić information content (AvgIpc) is 2.86. The van der Waals surface area contributed by atoms with Crippen LogP contribution in [-0.4, -0.2) is 37.5 Å². The molecule has 0 fully saturated rings. The lowest BCUT2D eigenvalue weighted by Gasteiger charge is -2.11. The molecule has 0 aliphatic rings. The number of halogens is 2. The molecule has 2 rings (SSSR count). The van der Waals surface area contributed by atoms with Crippen LogP contribution in [0.3, 0.4) is 0 Å². The lowest BCUT2D eigenvalue weighted by Crippen LogP contribution is -2.20. The second kappa shape index (κ2) is 7.85. The first-order valence-corrected chi connectivity index (χ1v) is 8.54. The average molecular weight is 461 g/mol. The molecule has 0 unspecified atom stereocenters. The lowest BCUT2D eigenvalue weighted by atomic mass is 10.1. The maximum atomic E-state index is 12.3. The third kappa shape index (κ3) is 3.34. The first kappa shape index (κ1) is 18.5. The summed E-state index contributed by atoms with van der Waals surface area (Å²) < 4.78 is 17.1. The molecule has 6 nitrogen and oxygen atoms in total. The fourth-order valence-electron chi connectivity index (χ4n) is 2.17. The highest BCUT2D eigenvalue weighted by Crippen LogP contribution is 2.40. The zero-order valence-electron chi connectivity index (χ0n) is 13.3. The molecule has 0 saturated heterocycles. The van der Waals surface area contributed by atoms with E-state index in [1.165, 1.54) is 11.7 Å². The third-order valence-corrected chi connectivity index (χ3v) is 5.32. The Morgan fingerprint density at radius 3 is 2.21 bits per heavy atom. The normalized spacial score (nSPS) is 10.4. The van der Waals surface area contributed by atoms with Crippen LogP contribution in [0.4, 0.5) is 4.79 Å². The lowest BCUT2D eigenvalue weighted by molar-refractivity contribution is 0.0511. The Morgan fingerprint density at radius 1 is 1.08 bits per heavy atom. The number of hydrogen-bond donors (Lipinski definition) is 0. The molecule has 0 amide bonds. The number of hydrogen-bond acceptors (Lipinski definition) is 5. The molecule has 24 heavy (non-hydrogen) atoms. The zero-order chi connectivity index (χ0) is 17.9. The zero-order valence-corrected chi connectivity index (χ0v) is 16.4. The molecule has 0 bridgehead atoms. The summed E-state index contributed by atoms with van der Waals surface area (Å²) in [5.74, 6) is 0.0472. The van der Waals surface area contributed by atoms with Gasteiger partial charge in [0.2, 0.25) is 0 Å². The standard InChI is InChI=1S/C16H15Br2NO5/c1-4-24-15(20)14-12(18)11(17)13(19(14)16(21)23-3)9-5-7-10(22-2)8-6-9/h5-8H,4H2,1-3H3. The van der Waals surface area contributed by atoms with Gasteiger partial charge in [-0.15, -0.1) is 0 Å². The van der Waals surface area contributed by atoms with Gasteiger partial charge in [0.25, 0.3) is 0 Å². The molecule has 0 N–H and O–H groups in total. The number of aromatic nitrogens is 1. The Morgan fingerprint density at radius 2 is 1.71 bits per heavy atom. The molecule has 0 atom stereocenters. The van der Waals surface area contributed by atoms with Gasteiger partial charge in [0, 0.05) is 5.56 Å². The summed E-state index contributed by atoms with van der Waals surface area (Å²) in [6.45, 7) is 1.88. The van der Waals surface area contributed by atoms with Gasteiger partial charge in [0.15, 0.2) is 5.69 Å². The number of carbonyl (C=O) groups is 2. The number of esters is 1. The maximum Gasteiger partial charge on any atom is 0.419 e. The van der Waals surface area contributed by atoms with Crippen molar-refractivity contribution in [3.63, 3.8) is 0 Å². The predicted octanol–water partition coefficient (Wildman–Crippen LogP) is 4.48. The second-order valence-corrected chi connectivity index (χ2v) is 6.17. The highest BCUT2D eigenvalue weighted by Gasteiger charge is 2.30. The molecule has 0 saturated carbocycles. The Bertz CT molecular complexity index is 768. The Labute approximate surface area is 155 Å². The summed E-state index contributed by atoms with van der Waals surface area (Å²) >= 11 is 6.77. The van der Waals surface area contributed by atoms with Crippen molar-refractivity contribution >= 4 is 43.9 Å². The molecule has 0 spiro atoms. The van der Waals surface area contributed by atoms with E-state index < -0.39 is 12.1 Å². The highest BCUT2D eigenvalue weighted by molar-refractivity contribution is 9.13. The van der Waals surface area contributed by atoms with Crippen molar-refractivity contribution in [3.8, 4) is 17.0 Å². The van der Waals surface area contributed by atoms with Crippen molar-refractivity contribution < 1.29 is 23.8 Å². The Hall–Kier alpha value is -1.80. The molecule has 1 aromatic heterocycles. The summed E-state index contributed by atoms with van der Waals surface area (Å²) in [7, 11) is 2.81. The maximum absolute atomic E-state index is 12.3. The minimum atomic E-state index is -0.699. The van der Waals surface area contributed by atoms with Gasteiger partial charge in [-0.25, -0.2) is 14.2 Å². The molecular weight excluding hydrogens is 446 g/mol. The molecule has 128 valence electrons. The summed E-state index contributed by atoms with van der Waals surface area (Å²) in [5.41, 5.74) is 1.23. The van der Waals surface area contributed by atoms with Gasteiger partial charge in [-0.3, -0.25) is 0 Å². The first-order chi connectivity index (χ1) is 11.5. The van der Waals surface area contributed by atoms with Crippen molar-refractivity contribution in [2.75, 3.05) is 20.8 Å². The monoisotopic (exact) mass is 459 g/mol. The fraction of sp³-hybridized carbons (Fsp3) is 0.250. The van der Waals surface area contributed by atoms with E-state index in [1.54, 1.807) is 38.3 Å². The van der Waals surface area contributed by atoms with Crippen molar-refractivity contribution in [2.45, 2.75) is 6.92 Å². The Balaban J connectivity index is 2.72. The minimum Gasteiger partial charge on any atom is -0.497 e. The van der Waals surface area contributed by atoms with E-state index >= 15 is 0 Å². The smallest absolute Gasteiger partial charge is 0.419 e. The van der Waals surface area contributed by atoms with Crippen LogP contribution in [0.25, 0.3) is 11.3 Å². The van der Waals surface area contributed by atoms with E-state index in [1.807, 2.05) is 0 Å². The van der Waals surface area contributed by atoms with Crippen LogP contribution in [0.5, 0.6) is 5.75 Å². The van der Waals surface area contributed by atoms with E-state index in [0.29, 0.717) is 26.0 Å². The molecule has 0 radical (unpaired) electrons. The van der Waals surface area contributed by atoms with Crippen LogP contribution < -0.4 is 4.74 Å². The van der Waals surface area contributed by atoms with Crippen LogP contribution in [0.2, 0.25) is 0 Å². The van der Waals surface area contributed by atoms with Crippen LogP contribution in [0.1, 0.15) is 17.4 Å². The summed E-state index contributed by atoms with van der Waals surface area (Å²) in [4.78, 5) is 24.6. The molecule has 0 aliphatic heterocycles. The number of methoxy groups -OCH3 is 2. The number of nitrogens with zero attached hydrogens (tertiary/aromatic N) is 1. The first-order valence-electron chi connectivity index (χ1n) is 6.95. The topological polar surface area (TPSA) is 66.8 Å². The van der Waals surface area contributed by atoms with Gasteiger partial charge in [-0.05, 0) is 63.0 Å². The van der Waals surface area contributed by atoms with Crippen LogP contribution in [-0.2, 0) is 9.47 Å². The molecule has 1 aromatic carbocycles. The Kier molecular flexibility index (Phi) is 6.06. The third-order valence-electron chi connectivity index (χ3n) is 3.25. The van der Waals surface area contributed by atoms with Gasteiger partial charge in [0.05, 0.1) is 35.5 Å². The second-order valence-electron chi connectivity index (χ2n) is 4.58. The van der Waals surface area contributed by atoms with E-state index in [0.717, 1.165) is 0 Å². The summed E-state index contributed by atoms with van der Waals surface area (Å²) in [5, 5.41) is 0. The number of carbonyl (C=O) groups excluding carboxylic acids is 2. The number of rotatable bonds is 4. The van der Waals surface area contributed by atoms with Crippen LogP contribution in [0, 0.1) is 0 Å². The number of ether oxygens (including phenoxy) is 3. The van der Waals surface area contributed by atoms with Crippen LogP contribution in [0.15, 0.2) is 33.2 Å². The van der Waals surface area contributed by atoms with Gasteiger partial charge in [0.1, 0.15) is 5.75 Å². The largest absolute Gasteiger partial charge is 0.497 e. The van der Waals surface area contributed by atoms with Crippen molar-refractivity contribution in [1.29, 1.82) is 0 Å². The quantitative estimate of drug-likeness (QED) is 0.629. The van der Waals surface area contributed by atoms with Crippen molar-refractivity contribution in [3.05, 3.63) is 38.9 Å². The fourth-order valence-corrected chi connectivity index (χ4v) is 3.30. The van der Waals surface area contributed by atoms with Gasteiger partial charge >= 0.3 is 12.1 Å². The molecule has 0 aliphatic carbocycles. The van der Waals surface area contributed by atoms with Gasteiger partial charge in [-0.1, -0.05) is 0 Å². The number of benzene rings is 1. The van der Waals surface area contributed by atoms with Crippen LogP contribution >= 0.6 is 31.9 Å². The van der Waals surface area contributed by atoms with E-state index in [-0.39, 0.29) is 12.3 Å². The van der Waals surface area contributed by atoms with Gasteiger partial charge < -0.3 is 14.2 Å². The summed E-state index contributed by atoms with van der Waals surface area (Å²) in [6, 6.07) is 7.07. The van der Waals surface area contributed by atoms with Crippen molar-refractivity contribution in [1.82, 2.24) is 4.57 Å². The molecule has 8 heteroatoms. The van der Waals surface area contributed by atoms with Gasteiger partial charge in [-0.2, -0.15) is 0 Å². The van der Waals surface area contributed by atoms with Crippen molar-refractivity contribution in [2.24, 2.45) is 0 Å². The van der Waals surface area contributed by atoms with E-state index in [4.69, 9.17) is 14.2 Å². The molecule has 1 heterocycles. The highest BCUT2D eigenvalue weighted by atomic mass is 79.9. The molecule has 2 aromatic rings. The SMILES string of the molecule is CCOC(=O)c1c(Br)c(Br)c(-c2ccc(OC)cc2)n1C(=O)OC. The predicted molar refractivity (Wildman–Crippen MR) is 95.6 cm³/mol. The summed E-state index contributed by atoms with van der Waals surface area (Å²) in [6.07, 6.45) is -0.699. The minimum absolute atomic E-state index is 0.0568. The van der Waals surface area contributed by atoms with E-state index in [2.05, 4.69) is 31.9 Å². The molecular formula is C16H15Br2NO5.